The van der Waals surface area contributed by atoms with Crippen molar-refractivity contribution in [2.24, 2.45) is 11.7 Å². The normalized spacial score (nSPS) is 12.2. The number of carbonyl (C=O) groups is 2. The third-order valence-electron chi connectivity index (χ3n) is 3.29. The van der Waals surface area contributed by atoms with Crippen LogP contribution in [0.5, 0.6) is 0 Å². The van der Waals surface area contributed by atoms with Crippen molar-refractivity contribution in [1.29, 1.82) is 0 Å². The summed E-state index contributed by atoms with van der Waals surface area (Å²) in [7, 11) is 0. The Bertz CT molecular complexity index is 762. The summed E-state index contributed by atoms with van der Waals surface area (Å²) in [5.41, 5.74) is 6.78. The maximum Gasteiger partial charge on any atom is 0.318 e. The number of imide groups is 1. The Hall–Kier alpha value is -2.06. The van der Waals surface area contributed by atoms with Gasteiger partial charge in [0.15, 0.2) is 5.16 Å². The van der Waals surface area contributed by atoms with Crippen molar-refractivity contribution in [2.45, 2.75) is 31.2 Å². The first-order valence-electron chi connectivity index (χ1n) is 7.23. The van der Waals surface area contributed by atoms with E-state index in [0.29, 0.717) is 10.2 Å². The highest BCUT2D eigenvalue weighted by Crippen LogP contribution is 2.29. The highest BCUT2D eigenvalue weighted by atomic mass is 35.5. The molecule has 0 aliphatic rings. The average Bonchev–Trinajstić information content (AvgIpc) is 2.94. The van der Waals surface area contributed by atoms with Crippen molar-refractivity contribution in [3.63, 3.8) is 0 Å². The molecule has 3 N–H and O–H groups in total. The first-order chi connectivity index (χ1) is 11.3. The molecule has 1 aromatic carbocycles. The Morgan fingerprint density at radius 3 is 2.67 bits per heavy atom. The molecule has 0 aliphatic heterocycles. The van der Waals surface area contributed by atoms with Crippen molar-refractivity contribution in [3.8, 4) is 5.69 Å². The quantitative estimate of drug-likeness (QED) is 0.790. The predicted octanol–water partition coefficient (Wildman–Crippen LogP) is 2.54. The lowest BCUT2D eigenvalue weighted by Gasteiger charge is -2.18. The molecule has 0 fully saturated rings. The van der Waals surface area contributed by atoms with Gasteiger partial charge in [-0.05, 0) is 30.5 Å². The van der Waals surface area contributed by atoms with Crippen LogP contribution in [0, 0.1) is 12.8 Å². The number of rotatable bonds is 5. The third kappa shape index (κ3) is 4.27. The summed E-state index contributed by atoms with van der Waals surface area (Å²) in [5.74, 6) is -0.500. The highest BCUT2D eigenvalue weighted by Gasteiger charge is 2.27. The van der Waals surface area contributed by atoms with Gasteiger partial charge in [-0.15, -0.1) is 10.2 Å². The number of primary amides is 1. The Morgan fingerprint density at radius 1 is 1.38 bits per heavy atom. The molecule has 24 heavy (non-hydrogen) atoms. The summed E-state index contributed by atoms with van der Waals surface area (Å²) in [5, 5.41) is 10.7. The van der Waals surface area contributed by atoms with Crippen LogP contribution in [-0.2, 0) is 4.79 Å². The Balaban J connectivity index is 2.29. The smallest absolute Gasteiger partial charge is 0.318 e. The van der Waals surface area contributed by atoms with Crippen molar-refractivity contribution >= 4 is 35.3 Å². The molecule has 0 spiro atoms. The second-order valence-electron chi connectivity index (χ2n) is 5.55. The zero-order chi connectivity index (χ0) is 17.9. The Kier molecular flexibility index (Phi) is 5.84. The van der Waals surface area contributed by atoms with Gasteiger partial charge in [0, 0.05) is 5.02 Å². The van der Waals surface area contributed by atoms with E-state index in [4.69, 9.17) is 17.3 Å². The molecule has 0 radical (unpaired) electrons. The number of carbonyl (C=O) groups excluding carboxylic acids is 2. The minimum atomic E-state index is -0.877. The number of nitrogens with zero attached hydrogens (tertiary/aromatic N) is 3. The Morgan fingerprint density at radius 2 is 2.08 bits per heavy atom. The molecule has 0 saturated carbocycles. The number of amides is 3. The molecule has 128 valence electrons. The first-order valence-corrected chi connectivity index (χ1v) is 8.49. The van der Waals surface area contributed by atoms with Gasteiger partial charge < -0.3 is 5.73 Å². The topological polar surface area (TPSA) is 103 Å². The SMILES string of the molecule is Cc1ccc(-n2cnnc2S[C@@H](C(=O)NC(N)=O)C(C)C)cc1Cl. The first kappa shape index (κ1) is 18.3. The van der Waals surface area contributed by atoms with Gasteiger partial charge in [-0.25, -0.2) is 4.79 Å². The number of aromatic nitrogens is 3. The number of nitrogens with two attached hydrogens (primary N) is 1. The maximum atomic E-state index is 12.2. The van der Waals surface area contributed by atoms with E-state index in [9.17, 15) is 9.59 Å². The zero-order valence-corrected chi connectivity index (χ0v) is 15.1. The van der Waals surface area contributed by atoms with E-state index in [-0.39, 0.29) is 5.92 Å². The van der Waals surface area contributed by atoms with Gasteiger partial charge in [-0.3, -0.25) is 14.7 Å². The fourth-order valence-corrected chi connectivity index (χ4v) is 3.21. The second kappa shape index (κ2) is 7.67. The molecule has 1 heterocycles. The van der Waals surface area contributed by atoms with Gasteiger partial charge in [0.05, 0.1) is 10.9 Å². The number of hydrogen-bond donors (Lipinski definition) is 2. The van der Waals surface area contributed by atoms with Crippen LogP contribution < -0.4 is 11.1 Å². The van der Waals surface area contributed by atoms with Crippen LogP contribution in [0.25, 0.3) is 5.69 Å². The van der Waals surface area contributed by atoms with E-state index in [1.807, 2.05) is 32.9 Å². The van der Waals surface area contributed by atoms with E-state index in [1.165, 1.54) is 11.8 Å². The van der Waals surface area contributed by atoms with E-state index in [1.54, 1.807) is 17.0 Å². The third-order valence-corrected chi connectivity index (χ3v) is 5.20. The molecule has 1 aromatic heterocycles. The average molecular weight is 368 g/mol. The lowest BCUT2D eigenvalue weighted by atomic mass is 10.1. The number of urea groups is 1. The number of halogens is 1. The van der Waals surface area contributed by atoms with Crippen LogP contribution in [0.4, 0.5) is 4.79 Å². The molecule has 9 heteroatoms. The predicted molar refractivity (Wildman–Crippen MR) is 93.3 cm³/mol. The lowest BCUT2D eigenvalue weighted by molar-refractivity contribution is -0.120. The minimum Gasteiger partial charge on any atom is -0.351 e. The van der Waals surface area contributed by atoms with Gasteiger partial charge >= 0.3 is 6.03 Å². The molecular weight excluding hydrogens is 350 g/mol. The lowest BCUT2D eigenvalue weighted by Crippen LogP contribution is -2.42. The Labute approximate surface area is 149 Å². The summed E-state index contributed by atoms with van der Waals surface area (Å²) in [6.07, 6.45) is 1.55. The van der Waals surface area contributed by atoms with Crippen molar-refractivity contribution in [2.75, 3.05) is 0 Å². The summed E-state index contributed by atoms with van der Waals surface area (Å²) < 4.78 is 1.74. The molecule has 0 unspecified atom stereocenters. The van der Waals surface area contributed by atoms with Gasteiger partial charge in [-0.2, -0.15) is 0 Å². The van der Waals surface area contributed by atoms with Gasteiger partial charge in [-0.1, -0.05) is 43.3 Å². The fourth-order valence-electron chi connectivity index (χ4n) is 2.01. The van der Waals surface area contributed by atoms with Crippen LogP contribution in [0.3, 0.4) is 0 Å². The van der Waals surface area contributed by atoms with Crippen molar-refractivity contribution < 1.29 is 9.59 Å². The number of aryl methyl sites for hydroxylation is 1. The molecule has 2 aromatic rings. The van der Waals surface area contributed by atoms with E-state index in [0.717, 1.165) is 11.3 Å². The van der Waals surface area contributed by atoms with Crippen molar-refractivity contribution in [3.05, 3.63) is 35.1 Å². The molecule has 0 saturated heterocycles. The number of thioether (sulfide) groups is 1. The molecule has 3 amide bonds. The molecule has 2 rings (SSSR count). The minimum absolute atomic E-state index is 0.0406. The van der Waals surface area contributed by atoms with E-state index < -0.39 is 17.2 Å². The summed E-state index contributed by atoms with van der Waals surface area (Å²) in [6.45, 7) is 5.67. The largest absolute Gasteiger partial charge is 0.351 e. The van der Waals surface area contributed by atoms with Gasteiger partial charge in [0.1, 0.15) is 6.33 Å². The van der Waals surface area contributed by atoms with Crippen molar-refractivity contribution in [1.82, 2.24) is 20.1 Å². The molecular formula is C15H18ClN5O2S. The van der Waals surface area contributed by atoms with E-state index >= 15 is 0 Å². The molecule has 0 bridgehead atoms. The molecule has 0 aliphatic carbocycles. The fraction of sp³-hybridized carbons (Fsp3) is 0.333. The zero-order valence-electron chi connectivity index (χ0n) is 13.5. The summed E-state index contributed by atoms with van der Waals surface area (Å²) in [6, 6.07) is 4.71. The number of benzene rings is 1. The highest BCUT2D eigenvalue weighted by molar-refractivity contribution is 8.00. The van der Waals surface area contributed by atoms with Crippen LogP contribution in [0.2, 0.25) is 5.02 Å². The maximum absolute atomic E-state index is 12.2. The monoisotopic (exact) mass is 367 g/mol. The summed E-state index contributed by atoms with van der Waals surface area (Å²) in [4.78, 5) is 23.1. The number of hydrogen-bond acceptors (Lipinski definition) is 5. The van der Waals surface area contributed by atoms with Gasteiger partial charge in [0.25, 0.3) is 0 Å². The van der Waals surface area contributed by atoms with Crippen LogP contribution in [0.15, 0.2) is 29.7 Å². The molecule has 1 atom stereocenters. The van der Waals surface area contributed by atoms with Crippen LogP contribution >= 0.6 is 23.4 Å². The second-order valence-corrected chi connectivity index (χ2v) is 7.07. The summed E-state index contributed by atoms with van der Waals surface area (Å²) >= 11 is 7.38. The van der Waals surface area contributed by atoms with Crippen LogP contribution in [0.1, 0.15) is 19.4 Å². The molecule has 7 nitrogen and oxygen atoms in total. The van der Waals surface area contributed by atoms with E-state index in [2.05, 4.69) is 15.5 Å². The standard InChI is InChI=1S/C15H18ClN5O2S/c1-8(2)12(13(22)19-14(17)23)24-15-20-18-7-21(15)10-5-4-9(3)11(16)6-10/h4-8,12H,1-3H3,(H3,17,19,22,23)/t12-/m1/s1. The van der Waals surface area contributed by atoms with Crippen LogP contribution in [-0.4, -0.2) is 32.0 Å². The number of nitrogens with one attached hydrogen (secondary N) is 1. The van der Waals surface area contributed by atoms with Gasteiger partial charge in [0.2, 0.25) is 5.91 Å².